The van der Waals surface area contributed by atoms with Crippen LogP contribution in [0, 0.1) is 17.1 Å². The van der Waals surface area contributed by atoms with Crippen molar-refractivity contribution < 1.29 is 23.5 Å². The number of nitrogens with one attached hydrogen (secondary N) is 1. The normalized spacial score (nSPS) is 9.74. The number of nitrogens with zero attached hydrogens (tertiary/aromatic N) is 1. The molecule has 0 saturated heterocycles. The molecule has 2 aromatic rings. The number of rotatable bonds is 6. The number of benzene rings is 1. The fourth-order valence-electron chi connectivity index (χ4n) is 1.54. The summed E-state index contributed by atoms with van der Waals surface area (Å²) < 4.78 is 22.7. The van der Waals surface area contributed by atoms with E-state index in [9.17, 15) is 14.0 Å². The summed E-state index contributed by atoms with van der Waals surface area (Å²) in [6, 6.07) is 8.80. The molecular weight excluding hydrogens is 323 g/mol. The van der Waals surface area contributed by atoms with Gasteiger partial charge in [0.25, 0.3) is 5.91 Å². The van der Waals surface area contributed by atoms with Gasteiger partial charge >= 0.3 is 5.97 Å². The average Bonchev–Trinajstić information content (AvgIpc) is 2.98. The fourth-order valence-corrected chi connectivity index (χ4v) is 2.30. The third kappa shape index (κ3) is 5.09. The van der Waals surface area contributed by atoms with Gasteiger partial charge in [-0.05, 0) is 23.6 Å². The zero-order valence-corrected chi connectivity index (χ0v) is 12.6. The first-order valence-electron chi connectivity index (χ1n) is 6.40. The molecular formula is C15H11FN2O4S. The Labute approximate surface area is 135 Å². The second kappa shape index (κ2) is 7.91. The number of halogens is 1. The van der Waals surface area contributed by atoms with Gasteiger partial charge in [-0.2, -0.15) is 5.26 Å². The van der Waals surface area contributed by atoms with Crippen LogP contribution in [0.25, 0.3) is 0 Å². The lowest BCUT2D eigenvalue weighted by molar-refractivity contribution is -0.149. The Balaban J connectivity index is 1.74. The lowest BCUT2D eigenvalue weighted by Crippen LogP contribution is -2.23. The van der Waals surface area contributed by atoms with Crippen LogP contribution in [-0.2, 0) is 14.3 Å². The number of esters is 1. The van der Waals surface area contributed by atoms with E-state index < -0.39 is 30.9 Å². The standard InChI is InChI=1S/C15H11FN2O4S/c16-11-2-1-3-12(6-11)21-9-14(20)22-8-13(19)18-15-10(7-17)4-5-23-15/h1-6H,8-9H2,(H,18,19). The number of ether oxygens (including phenoxy) is 2. The van der Waals surface area contributed by atoms with Gasteiger partial charge in [0.05, 0.1) is 5.56 Å². The molecule has 0 aliphatic heterocycles. The van der Waals surface area contributed by atoms with Gasteiger partial charge in [-0.15, -0.1) is 11.3 Å². The molecule has 0 unspecified atom stereocenters. The van der Waals surface area contributed by atoms with Crippen LogP contribution in [0.5, 0.6) is 5.75 Å². The van der Waals surface area contributed by atoms with Gasteiger partial charge in [-0.1, -0.05) is 6.07 Å². The number of nitriles is 1. The molecule has 1 aromatic carbocycles. The van der Waals surface area contributed by atoms with Crippen molar-refractivity contribution in [1.29, 1.82) is 5.26 Å². The first-order chi connectivity index (χ1) is 11.1. The van der Waals surface area contributed by atoms with Crippen LogP contribution in [0.2, 0.25) is 0 Å². The maximum absolute atomic E-state index is 12.9. The van der Waals surface area contributed by atoms with Crippen LogP contribution in [0.4, 0.5) is 9.39 Å². The Morgan fingerprint density at radius 3 is 2.87 bits per heavy atom. The summed E-state index contributed by atoms with van der Waals surface area (Å²) in [6.45, 7) is -0.951. The Hall–Kier alpha value is -2.92. The molecule has 23 heavy (non-hydrogen) atoms. The molecule has 2 rings (SSSR count). The molecule has 0 bridgehead atoms. The average molecular weight is 334 g/mol. The minimum Gasteiger partial charge on any atom is -0.482 e. The summed E-state index contributed by atoms with van der Waals surface area (Å²) in [6.07, 6.45) is 0. The smallest absolute Gasteiger partial charge is 0.344 e. The maximum atomic E-state index is 12.9. The van der Waals surface area contributed by atoms with Crippen molar-refractivity contribution in [3.05, 3.63) is 47.1 Å². The molecule has 1 amide bonds. The molecule has 0 spiro atoms. The van der Waals surface area contributed by atoms with E-state index in [0.717, 1.165) is 6.07 Å². The summed E-state index contributed by atoms with van der Waals surface area (Å²) in [7, 11) is 0. The number of anilines is 1. The van der Waals surface area contributed by atoms with Gasteiger partial charge in [0.1, 0.15) is 22.6 Å². The molecule has 0 aliphatic rings. The van der Waals surface area contributed by atoms with E-state index in [1.165, 1.54) is 29.5 Å². The van der Waals surface area contributed by atoms with Crippen LogP contribution >= 0.6 is 11.3 Å². The highest BCUT2D eigenvalue weighted by Crippen LogP contribution is 2.21. The summed E-state index contributed by atoms with van der Waals surface area (Å²) in [5, 5.41) is 13.3. The summed E-state index contributed by atoms with van der Waals surface area (Å²) in [5.41, 5.74) is 0.337. The van der Waals surface area contributed by atoms with Gasteiger partial charge in [-0.3, -0.25) is 4.79 Å². The lowest BCUT2D eigenvalue weighted by Gasteiger charge is -2.07. The fraction of sp³-hybridized carbons (Fsp3) is 0.133. The van der Waals surface area contributed by atoms with Crippen molar-refractivity contribution in [2.24, 2.45) is 0 Å². The molecule has 1 N–H and O–H groups in total. The Bertz CT molecular complexity index is 754. The van der Waals surface area contributed by atoms with Crippen LogP contribution in [0.1, 0.15) is 5.56 Å². The summed E-state index contributed by atoms with van der Waals surface area (Å²) in [4.78, 5) is 23.1. The highest BCUT2D eigenvalue weighted by molar-refractivity contribution is 7.14. The van der Waals surface area contributed by atoms with Crippen LogP contribution in [0.15, 0.2) is 35.7 Å². The second-order valence-electron chi connectivity index (χ2n) is 4.23. The van der Waals surface area contributed by atoms with Crippen molar-refractivity contribution in [3.8, 4) is 11.8 Å². The monoisotopic (exact) mass is 334 g/mol. The van der Waals surface area contributed by atoms with Gasteiger partial charge in [0.15, 0.2) is 13.2 Å². The molecule has 0 atom stereocenters. The first kappa shape index (κ1) is 16.5. The number of thiophene rings is 1. The Morgan fingerprint density at radius 2 is 2.13 bits per heavy atom. The van der Waals surface area contributed by atoms with Gasteiger partial charge in [0, 0.05) is 6.07 Å². The topological polar surface area (TPSA) is 88.4 Å². The third-order valence-electron chi connectivity index (χ3n) is 2.56. The third-order valence-corrected chi connectivity index (χ3v) is 3.39. The molecule has 8 heteroatoms. The van der Waals surface area contributed by atoms with Crippen LogP contribution in [-0.4, -0.2) is 25.1 Å². The summed E-state index contributed by atoms with van der Waals surface area (Å²) in [5.74, 6) is -1.64. The number of amides is 1. The highest BCUT2D eigenvalue weighted by Gasteiger charge is 2.11. The van der Waals surface area contributed by atoms with Gasteiger partial charge in [0.2, 0.25) is 0 Å². The van der Waals surface area contributed by atoms with Crippen molar-refractivity contribution in [1.82, 2.24) is 0 Å². The predicted molar refractivity (Wildman–Crippen MR) is 80.5 cm³/mol. The van der Waals surface area contributed by atoms with Crippen molar-refractivity contribution in [2.45, 2.75) is 0 Å². The zero-order valence-electron chi connectivity index (χ0n) is 11.7. The van der Waals surface area contributed by atoms with E-state index in [1.54, 1.807) is 11.4 Å². The number of carbonyl (C=O) groups is 2. The largest absolute Gasteiger partial charge is 0.482 e. The quantitative estimate of drug-likeness (QED) is 0.819. The highest BCUT2D eigenvalue weighted by atomic mass is 32.1. The van der Waals surface area contributed by atoms with Gasteiger partial charge < -0.3 is 14.8 Å². The maximum Gasteiger partial charge on any atom is 0.344 e. The predicted octanol–water partition coefficient (Wildman–Crippen LogP) is 2.32. The van der Waals surface area contributed by atoms with Gasteiger partial charge in [-0.25, -0.2) is 9.18 Å². The summed E-state index contributed by atoms with van der Waals surface area (Å²) >= 11 is 1.19. The van der Waals surface area contributed by atoms with Crippen LogP contribution in [0.3, 0.4) is 0 Å². The van der Waals surface area contributed by atoms with E-state index in [0.29, 0.717) is 10.6 Å². The molecule has 118 valence electrons. The Kier molecular flexibility index (Phi) is 5.66. The minimum absolute atomic E-state index is 0.184. The molecule has 0 aliphatic carbocycles. The molecule has 0 radical (unpaired) electrons. The molecule has 1 aromatic heterocycles. The number of carbonyl (C=O) groups excluding carboxylic acids is 2. The molecule has 0 saturated carbocycles. The number of hydrogen-bond donors (Lipinski definition) is 1. The Morgan fingerprint density at radius 1 is 1.30 bits per heavy atom. The lowest BCUT2D eigenvalue weighted by atomic mass is 10.3. The molecule has 0 fully saturated rings. The zero-order chi connectivity index (χ0) is 16.7. The molecule has 6 nitrogen and oxygen atoms in total. The van der Waals surface area contributed by atoms with Crippen molar-refractivity contribution in [2.75, 3.05) is 18.5 Å². The van der Waals surface area contributed by atoms with Crippen molar-refractivity contribution >= 4 is 28.2 Å². The molecule has 1 heterocycles. The van der Waals surface area contributed by atoms with Crippen LogP contribution < -0.4 is 10.1 Å². The SMILES string of the molecule is N#Cc1ccsc1NC(=O)COC(=O)COc1cccc(F)c1. The van der Waals surface area contributed by atoms with E-state index in [1.807, 2.05) is 6.07 Å². The number of hydrogen-bond acceptors (Lipinski definition) is 6. The van der Waals surface area contributed by atoms with E-state index in [4.69, 9.17) is 14.7 Å². The van der Waals surface area contributed by atoms with E-state index in [2.05, 4.69) is 5.32 Å². The second-order valence-corrected chi connectivity index (χ2v) is 5.15. The van der Waals surface area contributed by atoms with E-state index in [-0.39, 0.29) is 5.75 Å². The first-order valence-corrected chi connectivity index (χ1v) is 7.28. The van der Waals surface area contributed by atoms with E-state index >= 15 is 0 Å². The minimum atomic E-state index is -0.768. The van der Waals surface area contributed by atoms with Crippen molar-refractivity contribution in [3.63, 3.8) is 0 Å².